The monoisotopic (exact) mass is 833 g/mol. The SMILES string of the molecule is CC12CC=C(N(c3ccc(C4C=CC5=C(C4)c4c(oc6ccccc46)CC5)cc3)c3ccc(S(c4ccccc4)(c4ccccc4)c4ccccc4)cc3)C=C1c1ccccc1O2. The first-order valence-electron chi connectivity index (χ1n) is 22.2. The van der Waals surface area contributed by atoms with Crippen molar-refractivity contribution in [1.29, 1.82) is 0 Å². The summed E-state index contributed by atoms with van der Waals surface area (Å²) >= 11 is 0. The van der Waals surface area contributed by atoms with Gasteiger partial charge in [0.25, 0.3) is 0 Å². The summed E-state index contributed by atoms with van der Waals surface area (Å²) in [5, 5.41) is 1.24. The van der Waals surface area contributed by atoms with Gasteiger partial charge in [-0.05, 0) is 127 Å². The molecule has 3 nitrogen and oxygen atoms in total. The van der Waals surface area contributed by atoms with Crippen LogP contribution < -0.4 is 9.64 Å². The van der Waals surface area contributed by atoms with Crippen LogP contribution >= 0.6 is 10.0 Å². The molecule has 0 bridgehead atoms. The third-order valence-corrected chi connectivity index (χ3v) is 17.5. The van der Waals surface area contributed by atoms with E-state index in [4.69, 9.17) is 9.15 Å². The van der Waals surface area contributed by atoms with Gasteiger partial charge in [-0.3, -0.25) is 0 Å². The number of hydrogen-bond acceptors (Lipinski definition) is 3. The molecule has 0 saturated heterocycles. The molecule has 0 N–H and O–H groups in total. The number of allylic oxidation sites excluding steroid dienone is 5. The van der Waals surface area contributed by atoms with E-state index >= 15 is 0 Å². The summed E-state index contributed by atoms with van der Waals surface area (Å²) in [6.45, 7) is 2.22. The van der Waals surface area contributed by atoms with Gasteiger partial charge in [0.1, 0.15) is 22.7 Å². The first kappa shape index (κ1) is 37.7. The van der Waals surface area contributed by atoms with Crippen LogP contribution in [-0.2, 0) is 6.42 Å². The summed E-state index contributed by atoms with van der Waals surface area (Å²) in [5.41, 5.74) is 11.9. The summed E-state index contributed by atoms with van der Waals surface area (Å²) in [7, 11) is -1.83. The number of para-hydroxylation sites is 2. The van der Waals surface area contributed by atoms with Crippen LogP contribution in [0.5, 0.6) is 5.75 Å². The van der Waals surface area contributed by atoms with E-state index in [0.29, 0.717) is 0 Å². The summed E-state index contributed by atoms with van der Waals surface area (Å²) in [6, 6.07) is 69.0. The van der Waals surface area contributed by atoms with Crippen LogP contribution in [0.1, 0.15) is 54.6 Å². The molecule has 0 spiro atoms. The Labute approximate surface area is 371 Å². The Morgan fingerprint density at radius 3 is 1.87 bits per heavy atom. The number of rotatable bonds is 8. The van der Waals surface area contributed by atoms with Gasteiger partial charge in [0, 0.05) is 77.5 Å². The summed E-state index contributed by atoms with van der Waals surface area (Å²) in [5.74, 6) is 2.37. The molecule has 4 heteroatoms. The Hall–Kier alpha value is -7.01. The molecule has 8 aromatic rings. The molecular weight excluding hydrogens is 787 g/mol. The van der Waals surface area contributed by atoms with E-state index in [1.165, 1.54) is 58.4 Å². The Bertz CT molecular complexity index is 3040. The van der Waals surface area contributed by atoms with Gasteiger partial charge >= 0.3 is 0 Å². The minimum atomic E-state index is -1.83. The third-order valence-electron chi connectivity index (χ3n) is 13.6. The summed E-state index contributed by atoms with van der Waals surface area (Å²) in [4.78, 5) is 7.67. The van der Waals surface area contributed by atoms with Crippen LogP contribution in [0.15, 0.2) is 248 Å². The second kappa shape index (κ2) is 15.1. The fourth-order valence-corrected chi connectivity index (χ4v) is 14.4. The fourth-order valence-electron chi connectivity index (χ4n) is 10.5. The van der Waals surface area contributed by atoms with E-state index in [9.17, 15) is 0 Å². The second-order valence-electron chi connectivity index (χ2n) is 17.3. The topological polar surface area (TPSA) is 25.6 Å². The van der Waals surface area contributed by atoms with Gasteiger partial charge in [0.15, 0.2) is 0 Å². The number of aryl methyl sites for hydroxylation is 1. The quantitative estimate of drug-likeness (QED) is 0.152. The van der Waals surface area contributed by atoms with Gasteiger partial charge in [-0.15, -0.1) is 10.0 Å². The minimum Gasteiger partial charge on any atom is -0.482 e. The smallest absolute Gasteiger partial charge is 0.135 e. The normalized spacial score (nSPS) is 19.0. The number of nitrogens with zero attached hydrogens (tertiary/aromatic N) is 1. The van der Waals surface area contributed by atoms with Crippen molar-refractivity contribution in [3.05, 3.63) is 246 Å². The van der Waals surface area contributed by atoms with Gasteiger partial charge in [-0.2, -0.15) is 0 Å². The van der Waals surface area contributed by atoms with Crippen LogP contribution in [0, 0.1) is 0 Å². The maximum absolute atomic E-state index is 6.63. The molecule has 4 aliphatic rings. The first-order chi connectivity index (χ1) is 31.1. The maximum Gasteiger partial charge on any atom is 0.135 e. The second-order valence-corrected chi connectivity index (χ2v) is 20.4. The average Bonchev–Trinajstić information content (AvgIpc) is 3.88. The number of anilines is 2. The van der Waals surface area contributed by atoms with Crippen molar-refractivity contribution in [2.45, 2.75) is 63.7 Å². The lowest BCUT2D eigenvalue weighted by molar-refractivity contribution is 0.169. The van der Waals surface area contributed by atoms with E-state index in [1.54, 1.807) is 0 Å². The molecule has 0 radical (unpaired) electrons. The maximum atomic E-state index is 6.63. The molecule has 12 rings (SSSR count). The molecule has 0 amide bonds. The molecular formula is C59H47NO2S. The predicted molar refractivity (Wildman–Crippen MR) is 259 cm³/mol. The standard InChI is InChI=1S/C59H47NO2S/c1-59-38-37-46(40-54(59)51-21-11-14-24-56(51)62-59)60(44-30-27-41(28-31-44)43-26-25-42-29-36-57-58(53(42)39-43)52-22-12-13-23-55(52)61-57)45-32-34-50(35-33-45)63(47-15-5-2-6-16-47,48-17-7-3-8-18-48)49-19-9-4-10-20-49/h2-28,30-35,37,40,43H,29,36,38-39H2,1H3. The molecule has 0 fully saturated rings. The number of furan rings is 1. The van der Waals surface area contributed by atoms with E-state index in [-0.39, 0.29) is 5.92 Å². The minimum absolute atomic E-state index is 0.277. The highest BCUT2D eigenvalue weighted by Gasteiger charge is 2.42. The van der Waals surface area contributed by atoms with Crippen LogP contribution in [0.4, 0.5) is 11.4 Å². The average molecular weight is 834 g/mol. The van der Waals surface area contributed by atoms with Gasteiger partial charge in [0.05, 0.1) is 0 Å². The van der Waals surface area contributed by atoms with Crippen molar-refractivity contribution >= 4 is 43.5 Å². The van der Waals surface area contributed by atoms with Crippen molar-refractivity contribution in [3.8, 4) is 5.75 Å². The predicted octanol–water partition coefficient (Wildman–Crippen LogP) is 15.9. The molecule has 2 unspecified atom stereocenters. The lowest BCUT2D eigenvalue weighted by Gasteiger charge is -2.42. The highest BCUT2D eigenvalue weighted by molar-refractivity contribution is 8.34. The zero-order valence-corrected chi connectivity index (χ0v) is 36.1. The number of fused-ring (bicyclic) bond motifs is 7. The summed E-state index contributed by atoms with van der Waals surface area (Å²) < 4.78 is 13.0. The van der Waals surface area contributed by atoms with Gasteiger partial charge < -0.3 is 14.1 Å². The fraction of sp³-hybridized carbons (Fsp3) is 0.119. The lowest BCUT2D eigenvalue weighted by atomic mass is 9.77. The molecule has 2 heterocycles. The largest absolute Gasteiger partial charge is 0.482 e. The van der Waals surface area contributed by atoms with E-state index < -0.39 is 15.6 Å². The van der Waals surface area contributed by atoms with Crippen molar-refractivity contribution in [2.75, 3.05) is 4.90 Å². The van der Waals surface area contributed by atoms with E-state index in [1.807, 2.05) is 0 Å². The molecule has 1 aromatic heterocycles. The zero-order chi connectivity index (χ0) is 42.0. The van der Waals surface area contributed by atoms with E-state index in [2.05, 4.69) is 224 Å². The molecule has 7 aromatic carbocycles. The van der Waals surface area contributed by atoms with Crippen LogP contribution in [0.2, 0.25) is 0 Å². The van der Waals surface area contributed by atoms with Crippen molar-refractivity contribution in [2.24, 2.45) is 0 Å². The highest BCUT2D eigenvalue weighted by atomic mass is 32.3. The van der Waals surface area contributed by atoms with Gasteiger partial charge in [-0.25, -0.2) is 0 Å². The summed E-state index contributed by atoms with van der Waals surface area (Å²) in [6.07, 6.45) is 13.3. The Balaban J connectivity index is 0.953. The van der Waals surface area contributed by atoms with Gasteiger partial charge in [-0.1, -0.05) is 121 Å². The molecule has 63 heavy (non-hydrogen) atoms. The van der Waals surface area contributed by atoms with Crippen LogP contribution in [-0.4, -0.2) is 5.60 Å². The molecule has 1 aliphatic heterocycles. The number of hydrogen-bond donors (Lipinski definition) is 0. The molecule has 306 valence electrons. The lowest BCUT2D eigenvalue weighted by Crippen LogP contribution is -2.32. The Morgan fingerprint density at radius 1 is 0.603 bits per heavy atom. The van der Waals surface area contributed by atoms with Crippen molar-refractivity contribution in [1.82, 2.24) is 0 Å². The Morgan fingerprint density at radius 2 is 1.19 bits per heavy atom. The molecule has 3 aliphatic carbocycles. The van der Waals surface area contributed by atoms with Crippen molar-refractivity contribution in [3.63, 3.8) is 0 Å². The molecule has 2 atom stereocenters. The number of ether oxygens (including phenoxy) is 1. The first-order valence-corrected chi connectivity index (χ1v) is 23.8. The highest BCUT2D eigenvalue weighted by Crippen LogP contribution is 2.73. The van der Waals surface area contributed by atoms with Gasteiger partial charge in [0.2, 0.25) is 0 Å². The zero-order valence-electron chi connectivity index (χ0n) is 35.3. The van der Waals surface area contributed by atoms with Crippen LogP contribution in [0.3, 0.4) is 0 Å². The third kappa shape index (κ3) is 6.19. The number of benzene rings is 7. The van der Waals surface area contributed by atoms with E-state index in [0.717, 1.165) is 59.8 Å². The Kier molecular flexibility index (Phi) is 9.05. The van der Waals surface area contributed by atoms with Crippen LogP contribution in [0.25, 0.3) is 22.1 Å². The van der Waals surface area contributed by atoms with Crippen molar-refractivity contribution < 1.29 is 9.15 Å². The molecule has 0 saturated carbocycles.